The third-order valence-electron chi connectivity index (χ3n) is 6.88. The molecule has 0 amide bonds. The van der Waals surface area contributed by atoms with Crippen LogP contribution in [0.4, 0.5) is 0 Å². The van der Waals surface area contributed by atoms with Crippen molar-refractivity contribution >= 4 is 5.71 Å². The summed E-state index contributed by atoms with van der Waals surface area (Å²) in [5.74, 6) is 2.20. The van der Waals surface area contributed by atoms with E-state index in [1.54, 1.807) is 13.2 Å². The Kier molecular flexibility index (Phi) is 5.47. The van der Waals surface area contributed by atoms with E-state index in [0.717, 1.165) is 54.3 Å². The SMILES string of the molecule is COc1cccc([C@H]2CC(c3ccc4c(c3)OCO4)=NC3(CCN(C(C)C)CC3)N2)c1O. The van der Waals surface area contributed by atoms with E-state index < -0.39 is 0 Å². The van der Waals surface area contributed by atoms with Crippen LogP contribution in [0.2, 0.25) is 0 Å². The topological polar surface area (TPSA) is 75.5 Å². The van der Waals surface area contributed by atoms with Crippen LogP contribution in [0, 0.1) is 0 Å². The molecule has 0 unspecified atom stereocenters. The van der Waals surface area contributed by atoms with Crippen LogP contribution in [0.15, 0.2) is 41.4 Å². The molecule has 32 heavy (non-hydrogen) atoms. The van der Waals surface area contributed by atoms with Crippen LogP contribution in [-0.4, -0.2) is 54.4 Å². The number of para-hydroxylation sites is 1. The largest absolute Gasteiger partial charge is 0.504 e. The maximum absolute atomic E-state index is 10.9. The number of methoxy groups -OCH3 is 1. The summed E-state index contributed by atoms with van der Waals surface area (Å²) in [4.78, 5) is 7.78. The van der Waals surface area contributed by atoms with Gasteiger partial charge in [-0.1, -0.05) is 12.1 Å². The van der Waals surface area contributed by atoms with E-state index in [2.05, 4.69) is 30.1 Å². The van der Waals surface area contributed by atoms with Gasteiger partial charge in [0.1, 0.15) is 5.66 Å². The number of hydrogen-bond donors (Lipinski definition) is 2. The van der Waals surface area contributed by atoms with E-state index in [9.17, 15) is 5.11 Å². The smallest absolute Gasteiger partial charge is 0.231 e. The van der Waals surface area contributed by atoms with Gasteiger partial charge in [0.15, 0.2) is 23.0 Å². The molecule has 0 aliphatic carbocycles. The van der Waals surface area contributed by atoms with Crippen LogP contribution in [0.1, 0.15) is 50.3 Å². The van der Waals surface area contributed by atoms with Crippen molar-refractivity contribution in [2.45, 2.75) is 50.9 Å². The first kappa shape index (κ1) is 21.1. The Bertz CT molecular complexity index is 1030. The zero-order valence-electron chi connectivity index (χ0n) is 18.9. The fraction of sp³-hybridized carbons (Fsp3) is 0.480. The van der Waals surface area contributed by atoms with Gasteiger partial charge in [-0.25, -0.2) is 0 Å². The van der Waals surface area contributed by atoms with E-state index >= 15 is 0 Å². The van der Waals surface area contributed by atoms with Crippen molar-refractivity contribution in [3.8, 4) is 23.0 Å². The molecule has 1 saturated heterocycles. The quantitative estimate of drug-likeness (QED) is 0.757. The first-order valence-corrected chi connectivity index (χ1v) is 11.3. The van der Waals surface area contributed by atoms with Crippen molar-refractivity contribution in [2.75, 3.05) is 27.0 Å². The van der Waals surface area contributed by atoms with Gasteiger partial charge in [-0.05, 0) is 56.5 Å². The number of aromatic hydroxyl groups is 1. The van der Waals surface area contributed by atoms with Gasteiger partial charge in [0, 0.05) is 42.9 Å². The van der Waals surface area contributed by atoms with E-state index in [-0.39, 0.29) is 24.2 Å². The van der Waals surface area contributed by atoms with Crippen LogP contribution >= 0.6 is 0 Å². The van der Waals surface area contributed by atoms with E-state index in [1.807, 2.05) is 24.3 Å². The predicted octanol–water partition coefficient (Wildman–Crippen LogP) is 3.85. The second kappa shape index (κ2) is 8.30. The number of fused-ring (bicyclic) bond motifs is 1. The van der Waals surface area contributed by atoms with E-state index in [1.165, 1.54) is 0 Å². The number of rotatable bonds is 4. The fourth-order valence-electron chi connectivity index (χ4n) is 5.00. The second-order valence-electron chi connectivity index (χ2n) is 9.09. The second-order valence-corrected chi connectivity index (χ2v) is 9.09. The number of likely N-dealkylation sites (tertiary alicyclic amines) is 1. The fourth-order valence-corrected chi connectivity index (χ4v) is 5.00. The van der Waals surface area contributed by atoms with Gasteiger partial charge in [0.25, 0.3) is 0 Å². The molecule has 1 spiro atoms. The molecular formula is C25H31N3O4. The van der Waals surface area contributed by atoms with Gasteiger partial charge in [0.2, 0.25) is 6.79 Å². The standard InChI is InChI=1S/C25H31N3O4/c1-16(2)28-11-9-25(10-12-28)26-19(17-7-8-21-23(13-17)32-15-31-21)14-20(27-25)18-5-4-6-22(30-3)24(18)29/h4-8,13,16,20,27,29H,9-12,14-15H2,1-3H3/t20-/m1/s1. The van der Waals surface area contributed by atoms with Gasteiger partial charge in [0.05, 0.1) is 7.11 Å². The molecule has 2 aromatic rings. The lowest BCUT2D eigenvalue weighted by Crippen LogP contribution is -2.56. The van der Waals surface area contributed by atoms with Gasteiger partial charge >= 0.3 is 0 Å². The zero-order valence-corrected chi connectivity index (χ0v) is 18.9. The van der Waals surface area contributed by atoms with Crippen LogP contribution in [0.3, 0.4) is 0 Å². The molecule has 0 radical (unpaired) electrons. The minimum Gasteiger partial charge on any atom is -0.504 e. The summed E-state index contributed by atoms with van der Waals surface area (Å²) < 4.78 is 16.5. The summed E-state index contributed by atoms with van der Waals surface area (Å²) in [6, 6.07) is 12.1. The first-order chi connectivity index (χ1) is 15.5. The molecule has 2 N–H and O–H groups in total. The molecule has 3 aliphatic heterocycles. The number of benzene rings is 2. The van der Waals surface area contributed by atoms with Crippen molar-refractivity contribution in [3.63, 3.8) is 0 Å². The Morgan fingerprint density at radius 2 is 1.94 bits per heavy atom. The zero-order chi connectivity index (χ0) is 22.3. The van der Waals surface area contributed by atoms with Crippen molar-refractivity contribution in [2.24, 2.45) is 4.99 Å². The molecule has 3 aliphatic rings. The van der Waals surface area contributed by atoms with Crippen molar-refractivity contribution in [1.82, 2.24) is 10.2 Å². The van der Waals surface area contributed by atoms with E-state index in [4.69, 9.17) is 19.2 Å². The Morgan fingerprint density at radius 3 is 2.69 bits per heavy atom. The predicted molar refractivity (Wildman–Crippen MR) is 123 cm³/mol. The van der Waals surface area contributed by atoms with Crippen LogP contribution < -0.4 is 19.5 Å². The molecule has 1 fully saturated rings. The highest BCUT2D eigenvalue weighted by Gasteiger charge is 2.41. The monoisotopic (exact) mass is 437 g/mol. The molecule has 1 atom stereocenters. The Labute approximate surface area is 189 Å². The number of nitrogens with zero attached hydrogens (tertiary/aromatic N) is 2. The summed E-state index contributed by atoms with van der Waals surface area (Å²) in [5, 5.41) is 14.7. The number of phenols is 1. The highest BCUT2D eigenvalue weighted by Crippen LogP contribution is 2.41. The van der Waals surface area contributed by atoms with Crippen molar-refractivity contribution in [1.29, 1.82) is 0 Å². The Hall–Kier alpha value is -2.77. The Morgan fingerprint density at radius 1 is 1.16 bits per heavy atom. The summed E-state index contributed by atoms with van der Waals surface area (Å²) in [6.07, 6.45) is 2.50. The Balaban J connectivity index is 1.52. The van der Waals surface area contributed by atoms with Crippen LogP contribution in [0.25, 0.3) is 0 Å². The lowest BCUT2D eigenvalue weighted by molar-refractivity contribution is 0.103. The number of ether oxygens (including phenoxy) is 3. The summed E-state index contributed by atoms with van der Waals surface area (Å²) >= 11 is 0. The molecule has 170 valence electrons. The maximum atomic E-state index is 10.9. The van der Waals surface area contributed by atoms with Crippen molar-refractivity contribution < 1.29 is 19.3 Å². The third-order valence-corrected chi connectivity index (χ3v) is 6.88. The lowest BCUT2D eigenvalue weighted by Gasteiger charge is -2.46. The van der Waals surface area contributed by atoms with Gasteiger partial charge in [-0.15, -0.1) is 0 Å². The highest BCUT2D eigenvalue weighted by atomic mass is 16.7. The average Bonchev–Trinajstić information content (AvgIpc) is 3.27. The highest BCUT2D eigenvalue weighted by molar-refractivity contribution is 6.02. The minimum absolute atomic E-state index is 0.0753. The molecule has 3 heterocycles. The van der Waals surface area contributed by atoms with E-state index in [0.29, 0.717) is 18.2 Å². The molecular weight excluding hydrogens is 406 g/mol. The lowest BCUT2D eigenvalue weighted by atomic mass is 9.87. The molecule has 5 rings (SSSR count). The number of phenolic OH excluding ortho intramolecular Hbond substituents is 1. The first-order valence-electron chi connectivity index (χ1n) is 11.3. The molecule has 7 nitrogen and oxygen atoms in total. The molecule has 7 heteroatoms. The summed E-state index contributed by atoms with van der Waals surface area (Å²) in [6.45, 7) is 6.70. The number of hydrogen-bond acceptors (Lipinski definition) is 7. The summed E-state index contributed by atoms with van der Waals surface area (Å²) in [5.41, 5.74) is 2.53. The van der Waals surface area contributed by atoms with Crippen LogP contribution in [0.5, 0.6) is 23.0 Å². The molecule has 0 saturated carbocycles. The molecule has 0 bridgehead atoms. The third kappa shape index (κ3) is 3.80. The van der Waals surface area contributed by atoms with Crippen LogP contribution in [-0.2, 0) is 0 Å². The number of piperidine rings is 1. The number of nitrogens with one attached hydrogen (secondary N) is 1. The van der Waals surface area contributed by atoms with Gasteiger partial charge < -0.3 is 24.2 Å². The molecule has 2 aromatic carbocycles. The number of aliphatic imine (C=N–C) groups is 1. The van der Waals surface area contributed by atoms with Crippen molar-refractivity contribution in [3.05, 3.63) is 47.5 Å². The maximum Gasteiger partial charge on any atom is 0.231 e. The minimum atomic E-state index is -0.366. The van der Waals surface area contributed by atoms with Gasteiger partial charge in [-0.2, -0.15) is 0 Å². The van der Waals surface area contributed by atoms with Gasteiger partial charge in [-0.3, -0.25) is 10.3 Å². The summed E-state index contributed by atoms with van der Waals surface area (Å²) in [7, 11) is 1.58. The normalized spacial score (nSPS) is 22.2. The molecule has 0 aromatic heterocycles. The average molecular weight is 438 g/mol.